The quantitative estimate of drug-likeness (QED) is 0.815. The van der Waals surface area contributed by atoms with Crippen molar-refractivity contribution < 1.29 is 9.53 Å². The highest BCUT2D eigenvalue weighted by Gasteiger charge is 2.56. The first-order chi connectivity index (χ1) is 9.65. The van der Waals surface area contributed by atoms with Crippen LogP contribution in [0.1, 0.15) is 51.0 Å². The van der Waals surface area contributed by atoms with Crippen LogP contribution in [-0.4, -0.2) is 11.9 Å². The molecule has 0 saturated heterocycles. The monoisotopic (exact) mass is 292 g/mol. The van der Waals surface area contributed by atoms with E-state index >= 15 is 0 Å². The first-order valence-electron chi connectivity index (χ1n) is 7.64. The smallest absolute Gasteiger partial charge is 0.146 e. The summed E-state index contributed by atoms with van der Waals surface area (Å²) in [7, 11) is 0. The highest BCUT2D eigenvalue weighted by molar-refractivity contribution is 6.31. The van der Waals surface area contributed by atoms with Gasteiger partial charge < -0.3 is 4.74 Å². The van der Waals surface area contributed by atoms with Crippen LogP contribution in [0.4, 0.5) is 0 Å². The molecule has 2 nitrogen and oxygen atoms in total. The summed E-state index contributed by atoms with van der Waals surface area (Å²) >= 11 is 6.14. The minimum Gasteiger partial charge on any atom is -0.489 e. The molecule has 0 heterocycles. The van der Waals surface area contributed by atoms with E-state index in [1.54, 1.807) is 0 Å². The Balaban J connectivity index is 1.76. The van der Waals surface area contributed by atoms with E-state index < -0.39 is 0 Å². The minimum absolute atomic E-state index is 0.0705. The molecule has 0 N–H and O–H groups in total. The van der Waals surface area contributed by atoms with Gasteiger partial charge in [0.25, 0.3) is 0 Å². The number of ketones is 1. The Bertz CT molecular complexity index is 518. The van der Waals surface area contributed by atoms with Gasteiger partial charge in [-0.2, -0.15) is 0 Å². The molecular weight excluding hydrogens is 272 g/mol. The number of halogens is 1. The first-order valence-corrected chi connectivity index (χ1v) is 8.02. The van der Waals surface area contributed by atoms with Gasteiger partial charge in [-0.25, -0.2) is 0 Å². The van der Waals surface area contributed by atoms with Crippen LogP contribution in [0.25, 0.3) is 0 Å². The average molecular weight is 293 g/mol. The van der Waals surface area contributed by atoms with Gasteiger partial charge in [-0.05, 0) is 43.0 Å². The Morgan fingerprint density at radius 2 is 2.05 bits per heavy atom. The standard InChI is InChI=1S/C17H21ClO2/c1-2-12-10-13(6-7-14(12)18)20-16-11-15(19)17(16)8-4-3-5-9-17/h6-7,10,16H,2-5,8-9,11H2,1H3. The molecule has 1 aromatic rings. The molecule has 0 radical (unpaired) electrons. The Morgan fingerprint density at radius 1 is 1.30 bits per heavy atom. The maximum Gasteiger partial charge on any atom is 0.146 e. The van der Waals surface area contributed by atoms with E-state index in [1.807, 2.05) is 18.2 Å². The highest BCUT2D eigenvalue weighted by atomic mass is 35.5. The van der Waals surface area contributed by atoms with Gasteiger partial charge in [0.05, 0.1) is 5.41 Å². The summed E-state index contributed by atoms with van der Waals surface area (Å²) in [4.78, 5) is 12.1. The molecule has 0 amide bonds. The lowest BCUT2D eigenvalue weighted by molar-refractivity contribution is -0.156. The number of carbonyl (C=O) groups excluding carboxylic acids is 1. The fraction of sp³-hybridized carbons (Fsp3) is 0.588. The van der Waals surface area contributed by atoms with Gasteiger partial charge in [-0.3, -0.25) is 4.79 Å². The first kappa shape index (κ1) is 13.9. The molecule has 3 rings (SSSR count). The third kappa shape index (κ3) is 2.24. The van der Waals surface area contributed by atoms with E-state index in [0.29, 0.717) is 12.2 Å². The number of ether oxygens (including phenoxy) is 1. The van der Waals surface area contributed by atoms with Crippen molar-refractivity contribution >= 4 is 17.4 Å². The fourth-order valence-electron chi connectivity index (χ4n) is 3.61. The van der Waals surface area contributed by atoms with Crippen molar-refractivity contribution in [3.05, 3.63) is 28.8 Å². The van der Waals surface area contributed by atoms with Gasteiger partial charge in [0.2, 0.25) is 0 Å². The summed E-state index contributed by atoms with van der Waals surface area (Å²) in [5, 5.41) is 0.789. The molecule has 2 aliphatic carbocycles. The summed E-state index contributed by atoms with van der Waals surface area (Å²) in [5.74, 6) is 1.26. The third-order valence-electron chi connectivity index (χ3n) is 4.96. The summed E-state index contributed by atoms with van der Waals surface area (Å²) in [6, 6.07) is 5.83. The molecule has 108 valence electrons. The van der Waals surface area contributed by atoms with Gasteiger partial charge >= 0.3 is 0 Å². The van der Waals surface area contributed by atoms with Crippen molar-refractivity contribution in [2.75, 3.05) is 0 Å². The van der Waals surface area contributed by atoms with Crippen LogP contribution in [0, 0.1) is 5.41 Å². The Hall–Kier alpha value is -1.02. The van der Waals surface area contributed by atoms with Crippen LogP contribution in [-0.2, 0) is 11.2 Å². The summed E-state index contributed by atoms with van der Waals surface area (Å²) < 4.78 is 6.13. The maximum atomic E-state index is 12.1. The lowest BCUT2D eigenvalue weighted by Gasteiger charge is -2.49. The number of Topliss-reactive ketones (excluding diaryl/α,β-unsaturated/α-hetero) is 1. The van der Waals surface area contributed by atoms with Gasteiger partial charge in [-0.15, -0.1) is 0 Å². The van der Waals surface area contributed by atoms with Crippen molar-refractivity contribution in [2.45, 2.75) is 58.0 Å². The van der Waals surface area contributed by atoms with Gasteiger partial charge in [0.1, 0.15) is 17.6 Å². The molecule has 1 aromatic carbocycles. The zero-order valence-electron chi connectivity index (χ0n) is 12.0. The van der Waals surface area contributed by atoms with Crippen LogP contribution in [0.2, 0.25) is 5.02 Å². The highest BCUT2D eigenvalue weighted by Crippen LogP contribution is 2.50. The molecule has 3 heteroatoms. The van der Waals surface area contributed by atoms with Crippen molar-refractivity contribution in [3.8, 4) is 5.75 Å². The van der Waals surface area contributed by atoms with E-state index in [1.165, 1.54) is 6.42 Å². The molecule has 0 aromatic heterocycles. The van der Waals surface area contributed by atoms with Crippen LogP contribution in [0.3, 0.4) is 0 Å². The number of rotatable bonds is 3. The topological polar surface area (TPSA) is 26.3 Å². The minimum atomic E-state index is -0.176. The lowest BCUT2D eigenvalue weighted by Crippen LogP contribution is -2.57. The van der Waals surface area contributed by atoms with Crippen LogP contribution < -0.4 is 4.74 Å². The Labute approximate surface area is 125 Å². The third-order valence-corrected chi connectivity index (χ3v) is 5.33. The molecule has 2 saturated carbocycles. The Kier molecular flexibility index (Phi) is 3.76. The van der Waals surface area contributed by atoms with Crippen molar-refractivity contribution in [1.29, 1.82) is 0 Å². The molecule has 2 fully saturated rings. The number of hydrogen-bond acceptors (Lipinski definition) is 2. The number of benzene rings is 1. The predicted octanol–water partition coefficient (Wildman–Crippen LogP) is 4.57. The normalized spacial score (nSPS) is 24.5. The lowest BCUT2D eigenvalue weighted by atomic mass is 9.57. The zero-order valence-corrected chi connectivity index (χ0v) is 12.7. The second kappa shape index (κ2) is 5.40. The molecule has 20 heavy (non-hydrogen) atoms. The van der Waals surface area contributed by atoms with E-state index in [0.717, 1.165) is 48.4 Å². The van der Waals surface area contributed by atoms with Crippen LogP contribution in [0.15, 0.2) is 18.2 Å². The van der Waals surface area contributed by atoms with Gasteiger partial charge in [0, 0.05) is 11.4 Å². The second-order valence-electron chi connectivity index (χ2n) is 6.06. The predicted molar refractivity (Wildman–Crippen MR) is 80.4 cm³/mol. The van der Waals surface area contributed by atoms with Gasteiger partial charge in [0.15, 0.2) is 0 Å². The van der Waals surface area contributed by atoms with E-state index in [9.17, 15) is 4.79 Å². The van der Waals surface area contributed by atoms with E-state index in [4.69, 9.17) is 16.3 Å². The SMILES string of the molecule is CCc1cc(OC2CC(=O)C23CCCCC3)ccc1Cl. The Morgan fingerprint density at radius 3 is 2.70 bits per heavy atom. The van der Waals surface area contributed by atoms with Crippen molar-refractivity contribution in [3.63, 3.8) is 0 Å². The van der Waals surface area contributed by atoms with E-state index in [2.05, 4.69) is 6.92 Å². The van der Waals surface area contributed by atoms with E-state index in [-0.39, 0.29) is 11.5 Å². The fourth-order valence-corrected chi connectivity index (χ4v) is 3.86. The molecular formula is C17H21ClO2. The molecule has 1 unspecified atom stereocenters. The van der Waals surface area contributed by atoms with Gasteiger partial charge in [-0.1, -0.05) is 37.8 Å². The van der Waals surface area contributed by atoms with Crippen molar-refractivity contribution in [2.24, 2.45) is 5.41 Å². The van der Waals surface area contributed by atoms with Crippen LogP contribution in [0.5, 0.6) is 5.75 Å². The second-order valence-corrected chi connectivity index (χ2v) is 6.46. The number of hydrogen-bond donors (Lipinski definition) is 0. The summed E-state index contributed by atoms with van der Waals surface area (Å²) in [5.41, 5.74) is 0.928. The molecule has 1 spiro atoms. The number of carbonyl (C=O) groups is 1. The largest absolute Gasteiger partial charge is 0.489 e. The van der Waals surface area contributed by atoms with Crippen molar-refractivity contribution in [1.82, 2.24) is 0 Å². The maximum absolute atomic E-state index is 12.1. The molecule has 1 atom stereocenters. The molecule has 0 aliphatic heterocycles. The summed E-state index contributed by atoms with van der Waals surface area (Å²) in [6.07, 6.45) is 7.12. The average Bonchev–Trinajstić information content (AvgIpc) is 2.49. The number of aryl methyl sites for hydroxylation is 1. The van der Waals surface area contributed by atoms with Crippen LogP contribution >= 0.6 is 11.6 Å². The molecule has 2 aliphatic rings. The summed E-state index contributed by atoms with van der Waals surface area (Å²) in [6.45, 7) is 2.08. The zero-order chi connectivity index (χ0) is 14.2. The molecule has 0 bridgehead atoms.